The summed E-state index contributed by atoms with van der Waals surface area (Å²) >= 11 is 1.80. The molecule has 0 aliphatic carbocycles. The Morgan fingerprint density at radius 1 is 1.53 bits per heavy atom. The molecule has 1 aromatic heterocycles. The van der Waals surface area contributed by atoms with Crippen molar-refractivity contribution >= 4 is 51.1 Å². The summed E-state index contributed by atoms with van der Waals surface area (Å²) in [6.07, 6.45) is 0. The second-order valence-corrected chi connectivity index (χ2v) is 6.31. The van der Waals surface area contributed by atoms with Gasteiger partial charge in [0.1, 0.15) is 0 Å². The Kier molecular flexibility index (Phi) is 5.16. The summed E-state index contributed by atoms with van der Waals surface area (Å²) in [6.45, 7) is 0.694. The van der Waals surface area contributed by atoms with Gasteiger partial charge >= 0.3 is 0 Å². The van der Waals surface area contributed by atoms with Gasteiger partial charge in [-0.15, -0.1) is 20.1 Å². The number of thioether (sulfide) groups is 1. The zero-order valence-electron chi connectivity index (χ0n) is 10.3. The number of anilines is 1. The Bertz CT molecular complexity index is 526. The molecule has 0 fully saturated rings. The first-order chi connectivity index (χ1) is 9.19. The van der Waals surface area contributed by atoms with Gasteiger partial charge in [0.15, 0.2) is 16.8 Å². The van der Waals surface area contributed by atoms with E-state index in [2.05, 4.69) is 24.4 Å². The summed E-state index contributed by atoms with van der Waals surface area (Å²) in [4.78, 5) is 4.39. The van der Waals surface area contributed by atoms with Crippen molar-refractivity contribution in [2.75, 3.05) is 24.7 Å². The van der Waals surface area contributed by atoms with Crippen LogP contribution < -0.4 is 16.4 Å². The Hall–Kier alpha value is -1.13. The first-order valence-electron chi connectivity index (χ1n) is 5.48. The standard InChI is InChI=1S/C9H14N6OS3/c1-11-9-13-6(5-18-9)4-17-3-2-12-8-7(10)14-19(16)15-8/h5H,2-4H2,1H3,(H2,10,14)(H,11,13)(H,12,15). The van der Waals surface area contributed by atoms with E-state index in [1.165, 1.54) is 0 Å². The third kappa shape index (κ3) is 4.18. The molecule has 0 radical (unpaired) electrons. The second-order valence-electron chi connectivity index (χ2n) is 3.52. The second kappa shape index (κ2) is 6.87. The predicted molar refractivity (Wildman–Crippen MR) is 83.0 cm³/mol. The minimum Gasteiger partial charge on any atom is -0.380 e. The molecule has 1 aliphatic heterocycles. The van der Waals surface area contributed by atoms with Crippen LogP contribution in [0.25, 0.3) is 0 Å². The zero-order chi connectivity index (χ0) is 13.7. The Labute approximate surface area is 121 Å². The fourth-order valence-corrected chi connectivity index (χ4v) is 3.44. The van der Waals surface area contributed by atoms with E-state index in [1.807, 2.05) is 12.4 Å². The fraction of sp³-hybridized carbons (Fsp3) is 0.444. The Morgan fingerprint density at radius 3 is 3.00 bits per heavy atom. The summed E-state index contributed by atoms with van der Waals surface area (Å²) in [5.41, 5.74) is 6.60. The minimum atomic E-state index is -1.55. The van der Waals surface area contributed by atoms with Crippen molar-refractivity contribution in [3.63, 3.8) is 0 Å². The summed E-state index contributed by atoms with van der Waals surface area (Å²) in [5.74, 6) is 2.37. The highest BCUT2D eigenvalue weighted by Gasteiger charge is 2.14. The average Bonchev–Trinajstić information content (AvgIpc) is 2.96. The molecule has 1 unspecified atom stereocenters. The van der Waals surface area contributed by atoms with E-state index in [0.717, 1.165) is 22.3 Å². The van der Waals surface area contributed by atoms with Gasteiger partial charge in [-0.1, -0.05) is 0 Å². The number of rotatable bonds is 6. The molecular weight excluding hydrogens is 304 g/mol. The van der Waals surface area contributed by atoms with Crippen LogP contribution >= 0.6 is 23.1 Å². The molecular formula is C9H14N6OS3. The zero-order valence-corrected chi connectivity index (χ0v) is 12.7. The largest absolute Gasteiger partial charge is 0.380 e. The van der Waals surface area contributed by atoms with Gasteiger partial charge in [0.2, 0.25) is 0 Å². The molecule has 4 N–H and O–H groups in total. The van der Waals surface area contributed by atoms with Gasteiger partial charge in [0, 0.05) is 30.5 Å². The molecule has 1 aromatic rings. The van der Waals surface area contributed by atoms with Crippen molar-refractivity contribution in [3.05, 3.63) is 11.1 Å². The molecule has 2 heterocycles. The number of nitrogens with two attached hydrogens (primary N) is 1. The molecule has 0 saturated heterocycles. The predicted octanol–water partition coefficient (Wildman–Crippen LogP) is 0.356. The smallest absolute Gasteiger partial charge is 0.269 e. The van der Waals surface area contributed by atoms with E-state index in [-0.39, 0.29) is 5.84 Å². The number of aromatic nitrogens is 1. The lowest BCUT2D eigenvalue weighted by atomic mass is 10.5. The topological polar surface area (TPSA) is 105 Å². The monoisotopic (exact) mass is 318 g/mol. The summed E-state index contributed by atoms with van der Waals surface area (Å²) in [5, 5.41) is 9.00. The van der Waals surface area contributed by atoms with E-state index in [1.54, 1.807) is 23.1 Å². The van der Waals surface area contributed by atoms with Crippen LogP contribution in [-0.2, 0) is 16.9 Å². The first kappa shape index (κ1) is 14.3. The molecule has 0 bridgehead atoms. The highest BCUT2D eigenvalue weighted by molar-refractivity contribution is 7.98. The summed E-state index contributed by atoms with van der Waals surface area (Å²) in [6, 6.07) is 0. The van der Waals surface area contributed by atoms with Crippen LogP contribution in [0.2, 0.25) is 0 Å². The molecule has 1 atom stereocenters. The maximum Gasteiger partial charge on any atom is 0.269 e. The van der Waals surface area contributed by atoms with Crippen molar-refractivity contribution in [1.29, 1.82) is 0 Å². The van der Waals surface area contributed by atoms with Gasteiger partial charge in [-0.2, -0.15) is 11.8 Å². The lowest BCUT2D eigenvalue weighted by molar-refractivity contribution is 0.686. The van der Waals surface area contributed by atoms with Gasteiger partial charge < -0.3 is 16.4 Å². The molecule has 10 heteroatoms. The van der Waals surface area contributed by atoms with Gasteiger partial charge in [0.05, 0.1) is 5.69 Å². The van der Waals surface area contributed by atoms with Gasteiger partial charge in [0.25, 0.3) is 11.2 Å². The molecule has 19 heavy (non-hydrogen) atoms. The van der Waals surface area contributed by atoms with Crippen LogP contribution in [0.5, 0.6) is 0 Å². The van der Waals surface area contributed by atoms with E-state index in [4.69, 9.17) is 5.73 Å². The van der Waals surface area contributed by atoms with Crippen molar-refractivity contribution in [2.24, 2.45) is 14.5 Å². The van der Waals surface area contributed by atoms with Crippen molar-refractivity contribution < 1.29 is 4.21 Å². The quantitative estimate of drug-likeness (QED) is 0.654. The molecule has 104 valence electrons. The molecule has 0 spiro atoms. The van der Waals surface area contributed by atoms with Crippen molar-refractivity contribution in [1.82, 2.24) is 10.3 Å². The van der Waals surface area contributed by atoms with Crippen LogP contribution in [0.1, 0.15) is 5.69 Å². The van der Waals surface area contributed by atoms with Crippen molar-refractivity contribution in [2.45, 2.75) is 5.75 Å². The van der Waals surface area contributed by atoms with Crippen LogP contribution in [0.4, 0.5) is 5.13 Å². The SMILES string of the molecule is CNc1nc(CSCCNC2=NS(=O)N=C2N)cs1. The number of amidine groups is 2. The van der Waals surface area contributed by atoms with E-state index < -0.39 is 11.2 Å². The van der Waals surface area contributed by atoms with E-state index >= 15 is 0 Å². The maximum atomic E-state index is 11.0. The third-order valence-electron chi connectivity index (χ3n) is 2.14. The third-order valence-corrected chi connectivity index (χ3v) is 4.74. The average molecular weight is 318 g/mol. The molecule has 0 amide bonds. The Balaban J connectivity index is 1.64. The molecule has 0 aromatic carbocycles. The molecule has 0 saturated carbocycles. The number of nitrogens with one attached hydrogen (secondary N) is 2. The number of thiazole rings is 1. The normalized spacial score (nSPS) is 18.1. The highest BCUT2D eigenvalue weighted by Crippen LogP contribution is 2.18. The Morgan fingerprint density at radius 2 is 2.37 bits per heavy atom. The van der Waals surface area contributed by atoms with Gasteiger partial charge in [-0.25, -0.2) is 9.19 Å². The molecule has 2 rings (SSSR count). The lowest BCUT2D eigenvalue weighted by Gasteiger charge is -2.04. The highest BCUT2D eigenvalue weighted by atomic mass is 32.2. The maximum absolute atomic E-state index is 11.0. The summed E-state index contributed by atoms with van der Waals surface area (Å²) < 4.78 is 18.3. The molecule has 1 aliphatic rings. The van der Waals surface area contributed by atoms with Gasteiger partial charge in [-0.3, -0.25) is 0 Å². The first-order valence-corrected chi connectivity index (χ1v) is 8.58. The van der Waals surface area contributed by atoms with Crippen LogP contribution in [0.15, 0.2) is 14.2 Å². The van der Waals surface area contributed by atoms with E-state index in [0.29, 0.717) is 12.4 Å². The fourth-order valence-electron chi connectivity index (χ4n) is 1.30. The van der Waals surface area contributed by atoms with E-state index in [9.17, 15) is 4.21 Å². The van der Waals surface area contributed by atoms with Crippen LogP contribution in [0.3, 0.4) is 0 Å². The van der Waals surface area contributed by atoms with Crippen LogP contribution in [-0.4, -0.2) is 40.2 Å². The number of nitrogens with zero attached hydrogens (tertiary/aromatic N) is 3. The van der Waals surface area contributed by atoms with Crippen molar-refractivity contribution in [3.8, 4) is 0 Å². The van der Waals surface area contributed by atoms with Crippen LogP contribution in [0, 0.1) is 0 Å². The minimum absolute atomic E-state index is 0.210. The number of hydrogen-bond acceptors (Lipinski definition) is 7. The van der Waals surface area contributed by atoms with Gasteiger partial charge in [-0.05, 0) is 0 Å². The number of hydrogen-bond donors (Lipinski definition) is 3. The molecule has 7 nitrogen and oxygen atoms in total. The lowest BCUT2D eigenvalue weighted by Crippen LogP contribution is -2.35. The summed E-state index contributed by atoms with van der Waals surface area (Å²) in [7, 11) is 1.86.